The van der Waals surface area contributed by atoms with Crippen LogP contribution in [0.3, 0.4) is 0 Å². The van der Waals surface area contributed by atoms with Crippen molar-refractivity contribution in [3.8, 4) is 10.6 Å². The van der Waals surface area contributed by atoms with E-state index >= 15 is 0 Å². The molecule has 0 saturated carbocycles. The van der Waals surface area contributed by atoms with Crippen molar-refractivity contribution in [2.24, 2.45) is 11.3 Å². The molecule has 1 amide bonds. The minimum Gasteiger partial charge on any atom is -0.462 e. The number of halogens is 3. The maximum absolute atomic E-state index is 13.9. The number of esters is 1. The third-order valence-electron chi connectivity index (χ3n) is 6.92. The van der Waals surface area contributed by atoms with Crippen LogP contribution in [-0.2, 0) is 23.8 Å². The SMILES string of the molecule is CCOC(=O)c1c(NC(=O)c2cc3nc(-c4cccs4)cc(C(F)(F)F)n3n2)sc2c1CC[C@@H](C(C)(C)C)C2. The third-order valence-corrected chi connectivity index (χ3v) is 8.98. The highest BCUT2D eigenvalue weighted by molar-refractivity contribution is 7.17. The zero-order valence-electron chi connectivity index (χ0n) is 21.8. The van der Waals surface area contributed by atoms with Crippen LogP contribution in [0.15, 0.2) is 29.6 Å². The summed E-state index contributed by atoms with van der Waals surface area (Å²) in [7, 11) is 0. The summed E-state index contributed by atoms with van der Waals surface area (Å²) in [6.07, 6.45) is -2.38. The zero-order chi connectivity index (χ0) is 28.1. The maximum Gasteiger partial charge on any atom is 0.433 e. The number of hydrogen-bond acceptors (Lipinski definition) is 7. The Hall–Kier alpha value is -3.25. The fourth-order valence-electron chi connectivity index (χ4n) is 4.84. The van der Waals surface area contributed by atoms with Gasteiger partial charge in [-0.15, -0.1) is 22.7 Å². The Kier molecular flexibility index (Phi) is 7.04. The molecule has 0 unspecified atom stereocenters. The average Bonchev–Trinajstić information content (AvgIpc) is 3.59. The number of rotatable bonds is 5. The summed E-state index contributed by atoms with van der Waals surface area (Å²) in [5.74, 6) is -0.857. The first-order chi connectivity index (χ1) is 18.4. The predicted octanol–water partition coefficient (Wildman–Crippen LogP) is 7.12. The van der Waals surface area contributed by atoms with E-state index in [2.05, 4.69) is 36.2 Å². The van der Waals surface area contributed by atoms with E-state index in [-0.39, 0.29) is 29.1 Å². The summed E-state index contributed by atoms with van der Waals surface area (Å²) >= 11 is 2.57. The minimum absolute atomic E-state index is 0.0802. The van der Waals surface area contributed by atoms with Crippen molar-refractivity contribution in [3.05, 3.63) is 57.0 Å². The first kappa shape index (κ1) is 27.3. The van der Waals surface area contributed by atoms with Crippen LogP contribution in [-0.4, -0.2) is 33.1 Å². The van der Waals surface area contributed by atoms with Crippen molar-refractivity contribution in [1.29, 1.82) is 0 Å². The van der Waals surface area contributed by atoms with Crippen LogP contribution in [0.1, 0.15) is 71.1 Å². The van der Waals surface area contributed by atoms with Crippen LogP contribution in [0.5, 0.6) is 0 Å². The van der Waals surface area contributed by atoms with Gasteiger partial charge in [-0.25, -0.2) is 14.3 Å². The number of nitrogens with zero attached hydrogens (tertiary/aromatic N) is 3. The number of hydrogen-bond donors (Lipinski definition) is 1. The molecule has 0 aromatic carbocycles. The number of alkyl halides is 3. The van der Waals surface area contributed by atoms with Crippen molar-refractivity contribution in [3.63, 3.8) is 0 Å². The number of aromatic nitrogens is 3. The van der Waals surface area contributed by atoms with Crippen LogP contribution < -0.4 is 5.32 Å². The summed E-state index contributed by atoms with van der Waals surface area (Å²) in [4.78, 5) is 32.1. The first-order valence-electron chi connectivity index (χ1n) is 12.5. The van der Waals surface area contributed by atoms with Crippen molar-refractivity contribution >= 4 is 45.2 Å². The number of thiophene rings is 2. The molecule has 1 aliphatic carbocycles. The number of carbonyl (C=O) groups excluding carboxylic acids is 2. The summed E-state index contributed by atoms with van der Waals surface area (Å²) < 4.78 is 47.7. The second kappa shape index (κ2) is 10.1. The molecule has 39 heavy (non-hydrogen) atoms. The number of amides is 1. The van der Waals surface area contributed by atoms with Gasteiger partial charge in [0.25, 0.3) is 5.91 Å². The van der Waals surface area contributed by atoms with Crippen molar-refractivity contribution in [2.75, 3.05) is 11.9 Å². The van der Waals surface area contributed by atoms with E-state index in [0.29, 0.717) is 32.3 Å². The van der Waals surface area contributed by atoms with Gasteiger partial charge < -0.3 is 10.1 Å². The molecule has 0 fully saturated rings. The summed E-state index contributed by atoms with van der Waals surface area (Å²) in [6.45, 7) is 8.43. The molecule has 4 heterocycles. The second-order valence-electron chi connectivity index (χ2n) is 10.5. The number of carbonyl (C=O) groups is 2. The molecule has 1 N–H and O–H groups in total. The Bertz CT molecular complexity index is 1550. The van der Waals surface area contributed by atoms with E-state index < -0.39 is 23.7 Å². The Morgan fingerprint density at radius 1 is 1.23 bits per heavy atom. The Labute approximate surface area is 231 Å². The lowest BCUT2D eigenvalue weighted by Crippen LogP contribution is -2.26. The van der Waals surface area contributed by atoms with Gasteiger partial charge in [0.2, 0.25) is 0 Å². The van der Waals surface area contributed by atoms with Crippen LogP contribution >= 0.6 is 22.7 Å². The topological polar surface area (TPSA) is 85.6 Å². The van der Waals surface area contributed by atoms with E-state index in [1.807, 2.05) is 0 Å². The van der Waals surface area contributed by atoms with Crippen molar-refractivity contribution < 1.29 is 27.5 Å². The molecule has 0 bridgehead atoms. The molecule has 5 rings (SSSR count). The number of fused-ring (bicyclic) bond motifs is 2. The molecule has 12 heteroatoms. The van der Waals surface area contributed by atoms with Gasteiger partial charge in [-0.3, -0.25) is 4.79 Å². The standard InChI is InChI=1S/C27H27F3N4O3S2/c1-5-37-25(36)22-15-9-8-14(26(2,3)4)11-19(15)39-24(22)32-23(35)17-13-21-31-16(18-7-6-10-38-18)12-20(27(28,29)30)34(21)33-17/h6-7,10,12-14H,5,8-9,11H2,1-4H3,(H,32,35)/t14-/m1/s1. The van der Waals surface area contributed by atoms with Gasteiger partial charge in [-0.05, 0) is 60.6 Å². The first-order valence-corrected chi connectivity index (χ1v) is 14.2. The summed E-state index contributed by atoms with van der Waals surface area (Å²) in [5, 5.41) is 8.75. The predicted molar refractivity (Wildman–Crippen MR) is 145 cm³/mol. The highest BCUT2D eigenvalue weighted by Gasteiger charge is 2.37. The second-order valence-corrected chi connectivity index (χ2v) is 12.5. The van der Waals surface area contributed by atoms with Gasteiger partial charge in [0.15, 0.2) is 17.0 Å². The maximum atomic E-state index is 13.9. The van der Waals surface area contributed by atoms with Crippen molar-refractivity contribution in [2.45, 2.75) is 53.1 Å². The number of nitrogens with one attached hydrogen (secondary N) is 1. The van der Waals surface area contributed by atoms with Gasteiger partial charge in [-0.2, -0.15) is 18.3 Å². The molecule has 7 nitrogen and oxygen atoms in total. The number of anilines is 1. The molecule has 0 saturated heterocycles. The monoisotopic (exact) mass is 576 g/mol. The van der Waals surface area contributed by atoms with Crippen LogP contribution in [0.2, 0.25) is 0 Å². The van der Waals surface area contributed by atoms with Gasteiger partial charge in [-0.1, -0.05) is 26.8 Å². The lowest BCUT2D eigenvalue weighted by molar-refractivity contribution is -0.142. The molecule has 0 radical (unpaired) electrons. The Morgan fingerprint density at radius 3 is 2.64 bits per heavy atom. The molecular weight excluding hydrogens is 549 g/mol. The van der Waals surface area contributed by atoms with E-state index in [1.54, 1.807) is 24.4 Å². The van der Waals surface area contributed by atoms with E-state index in [4.69, 9.17) is 4.74 Å². The fourth-order valence-corrected chi connectivity index (χ4v) is 6.83. The van der Waals surface area contributed by atoms with Crippen LogP contribution in [0.25, 0.3) is 16.2 Å². The fraction of sp³-hybridized carbons (Fsp3) is 0.407. The molecular formula is C27H27F3N4O3S2. The highest BCUT2D eigenvalue weighted by atomic mass is 32.1. The molecule has 1 atom stereocenters. The van der Waals surface area contributed by atoms with Crippen molar-refractivity contribution in [1.82, 2.24) is 14.6 Å². The quantitative estimate of drug-likeness (QED) is 0.256. The largest absolute Gasteiger partial charge is 0.462 e. The Morgan fingerprint density at radius 2 is 2.00 bits per heavy atom. The van der Waals surface area contributed by atoms with E-state index in [1.165, 1.54) is 28.7 Å². The van der Waals surface area contributed by atoms with E-state index in [9.17, 15) is 22.8 Å². The highest BCUT2D eigenvalue weighted by Crippen LogP contribution is 2.44. The normalized spacial score (nSPS) is 15.8. The minimum atomic E-state index is -4.72. The molecule has 1 aliphatic rings. The lowest BCUT2D eigenvalue weighted by Gasteiger charge is -2.33. The third kappa shape index (κ3) is 5.31. The molecule has 0 aliphatic heterocycles. The smallest absolute Gasteiger partial charge is 0.433 e. The van der Waals surface area contributed by atoms with Crippen LogP contribution in [0, 0.1) is 11.3 Å². The molecule has 0 spiro atoms. The Balaban J connectivity index is 1.52. The summed E-state index contributed by atoms with van der Waals surface area (Å²) in [6, 6.07) is 5.54. The van der Waals surface area contributed by atoms with Gasteiger partial charge in [0.05, 0.1) is 22.7 Å². The number of ether oxygens (including phenoxy) is 1. The van der Waals surface area contributed by atoms with Crippen LogP contribution in [0.4, 0.5) is 18.2 Å². The molecule has 4 aromatic rings. The zero-order valence-corrected chi connectivity index (χ0v) is 23.4. The van der Waals surface area contributed by atoms with Gasteiger partial charge in [0.1, 0.15) is 5.00 Å². The molecule has 206 valence electrons. The van der Waals surface area contributed by atoms with Gasteiger partial charge in [0, 0.05) is 10.9 Å². The summed E-state index contributed by atoms with van der Waals surface area (Å²) in [5.41, 5.74) is 0.00748. The van der Waals surface area contributed by atoms with E-state index in [0.717, 1.165) is 29.3 Å². The average molecular weight is 577 g/mol. The lowest BCUT2D eigenvalue weighted by atomic mass is 9.72. The van der Waals surface area contributed by atoms with Gasteiger partial charge >= 0.3 is 12.1 Å². The molecule has 4 aromatic heterocycles.